The number of ether oxygens (including phenoxy) is 2. The fourth-order valence-electron chi connectivity index (χ4n) is 7.80. The van der Waals surface area contributed by atoms with E-state index in [9.17, 15) is 29.1 Å². The molecule has 0 bridgehead atoms. The average molecular weight is 760 g/mol. The van der Waals surface area contributed by atoms with E-state index < -0.39 is 60.2 Å². The number of rotatable bonds is 21. The number of hydrogen-bond donors (Lipinski definition) is 3. The number of amides is 4. The number of carboxylic acid groups (broad SMARTS) is 1. The summed E-state index contributed by atoms with van der Waals surface area (Å²) in [6.45, 7) is 18.0. The first-order valence-corrected chi connectivity index (χ1v) is 19.5. The van der Waals surface area contributed by atoms with Gasteiger partial charge in [0.1, 0.15) is 12.1 Å². The van der Waals surface area contributed by atoms with Crippen molar-refractivity contribution in [1.82, 2.24) is 25.3 Å². The van der Waals surface area contributed by atoms with Crippen molar-refractivity contribution in [3.63, 3.8) is 0 Å². The maximum atomic E-state index is 14.2. The van der Waals surface area contributed by atoms with E-state index in [1.807, 2.05) is 97.7 Å². The van der Waals surface area contributed by atoms with Gasteiger partial charge in [-0.2, -0.15) is 0 Å². The molecule has 0 spiro atoms. The second kappa shape index (κ2) is 21.5. The molecule has 13 nitrogen and oxygen atoms in total. The van der Waals surface area contributed by atoms with E-state index in [4.69, 9.17) is 9.47 Å². The van der Waals surface area contributed by atoms with Crippen LogP contribution < -0.4 is 10.6 Å². The van der Waals surface area contributed by atoms with Gasteiger partial charge in [-0.1, -0.05) is 78.8 Å². The molecular weight excluding hydrogens is 690 g/mol. The molecule has 2 rings (SSSR count). The van der Waals surface area contributed by atoms with Gasteiger partial charge in [-0.15, -0.1) is 0 Å². The normalized spacial score (nSPS) is 18.7. The molecule has 0 aromatic heterocycles. The predicted molar refractivity (Wildman–Crippen MR) is 210 cm³/mol. The van der Waals surface area contributed by atoms with Crippen LogP contribution in [0.25, 0.3) is 0 Å². The zero-order valence-electron chi connectivity index (χ0n) is 35.0. The van der Waals surface area contributed by atoms with Crippen LogP contribution in [0.3, 0.4) is 0 Å². The summed E-state index contributed by atoms with van der Waals surface area (Å²) in [6.07, 6.45) is 0.0770. The van der Waals surface area contributed by atoms with Gasteiger partial charge >= 0.3 is 5.97 Å². The highest BCUT2D eigenvalue weighted by Crippen LogP contribution is 2.29. The number of carboxylic acids is 1. The van der Waals surface area contributed by atoms with Crippen molar-refractivity contribution in [1.29, 1.82) is 0 Å². The van der Waals surface area contributed by atoms with Gasteiger partial charge in [0.25, 0.3) is 0 Å². The molecule has 0 aliphatic carbocycles. The lowest BCUT2D eigenvalue weighted by atomic mass is 9.91. The third-order valence-electron chi connectivity index (χ3n) is 11.0. The topological polar surface area (TPSA) is 158 Å². The summed E-state index contributed by atoms with van der Waals surface area (Å²) in [5.74, 6) is -3.29. The van der Waals surface area contributed by atoms with Gasteiger partial charge in [0, 0.05) is 40.3 Å². The smallest absolute Gasteiger partial charge is 0.326 e. The van der Waals surface area contributed by atoms with Gasteiger partial charge in [-0.25, -0.2) is 4.79 Å². The molecule has 0 unspecified atom stereocenters. The fourth-order valence-corrected chi connectivity index (χ4v) is 7.80. The van der Waals surface area contributed by atoms with E-state index in [0.29, 0.717) is 19.4 Å². The quantitative estimate of drug-likeness (QED) is 0.170. The first-order chi connectivity index (χ1) is 25.3. The minimum Gasteiger partial charge on any atom is -0.480 e. The molecular formula is C41H69N5O8. The van der Waals surface area contributed by atoms with Crippen molar-refractivity contribution in [2.24, 2.45) is 23.7 Å². The Morgan fingerprint density at radius 3 is 1.94 bits per heavy atom. The second-order valence-electron chi connectivity index (χ2n) is 16.2. The Hall–Kier alpha value is -3.55. The van der Waals surface area contributed by atoms with Crippen LogP contribution in [0.15, 0.2) is 30.3 Å². The molecule has 54 heavy (non-hydrogen) atoms. The molecule has 1 aromatic rings. The zero-order valence-corrected chi connectivity index (χ0v) is 35.0. The number of methoxy groups -OCH3 is 2. The van der Waals surface area contributed by atoms with Crippen LogP contribution in [-0.4, -0.2) is 133 Å². The summed E-state index contributed by atoms with van der Waals surface area (Å²) in [4.78, 5) is 72.9. The number of carbonyl (C=O) groups is 5. The third-order valence-corrected chi connectivity index (χ3v) is 11.0. The van der Waals surface area contributed by atoms with Gasteiger partial charge < -0.3 is 35.0 Å². The lowest BCUT2D eigenvalue weighted by molar-refractivity contribution is -0.148. The monoisotopic (exact) mass is 760 g/mol. The molecule has 8 atom stereocenters. The van der Waals surface area contributed by atoms with Crippen molar-refractivity contribution in [3.8, 4) is 0 Å². The molecule has 13 heteroatoms. The van der Waals surface area contributed by atoms with Crippen molar-refractivity contribution in [3.05, 3.63) is 35.9 Å². The van der Waals surface area contributed by atoms with E-state index in [1.165, 1.54) is 14.2 Å². The molecule has 4 amide bonds. The number of hydrogen-bond acceptors (Lipinski definition) is 8. The van der Waals surface area contributed by atoms with Gasteiger partial charge in [-0.05, 0) is 57.1 Å². The predicted octanol–water partition coefficient (Wildman–Crippen LogP) is 3.83. The van der Waals surface area contributed by atoms with Crippen LogP contribution in [0.4, 0.5) is 0 Å². The fraction of sp³-hybridized carbons (Fsp3) is 0.732. The second-order valence-corrected chi connectivity index (χ2v) is 16.2. The van der Waals surface area contributed by atoms with Crippen LogP contribution in [0.5, 0.6) is 0 Å². The van der Waals surface area contributed by atoms with E-state index in [2.05, 4.69) is 10.6 Å². The Kier molecular flexibility index (Phi) is 18.6. The average Bonchev–Trinajstić information content (AvgIpc) is 3.59. The summed E-state index contributed by atoms with van der Waals surface area (Å²) >= 11 is 0. The van der Waals surface area contributed by atoms with Gasteiger partial charge in [0.2, 0.25) is 23.6 Å². The summed E-state index contributed by atoms with van der Waals surface area (Å²) < 4.78 is 11.8. The van der Waals surface area contributed by atoms with Crippen LogP contribution in [0.2, 0.25) is 0 Å². The zero-order chi connectivity index (χ0) is 41.0. The van der Waals surface area contributed by atoms with Crippen molar-refractivity contribution >= 4 is 29.6 Å². The molecule has 1 saturated heterocycles. The van der Waals surface area contributed by atoms with E-state index in [-0.39, 0.29) is 54.4 Å². The lowest BCUT2D eigenvalue weighted by Gasteiger charge is -2.40. The SMILES string of the molecule is CO[C@H]([C@@H](C)C(=O)N[C@@H](Cc1ccccc1)C(=O)O)[C@@H]1CCCN1C(=O)C[C@@H](OC)[C@H](C(C)C)N(C)C(=O)[C@@H](NC(=O)[C@H](C(C)C)N(C)C(C)C)C(C)C. The Labute approximate surface area is 323 Å². The minimum atomic E-state index is -1.14. The highest BCUT2D eigenvalue weighted by molar-refractivity contribution is 5.90. The largest absolute Gasteiger partial charge is 0.480 e. The van der Waals surface area contributed by atoms with Crippen LogP contribution in [0, 0.1) is 23.7 Å². The van der Waals surface area contributed by atoms with Crippen molar-refractivity contribution in [2.75, 3.05) is 34.9 Å². The van der Waals surface area contributed by atoms with Crippen LogP contribution in [-0.2, 0) is 39.9 Å². The summed E-state index contributed by atoms with van der Waals surface area (Å²) in [7, 11) is 6.64. The van der Waals surface area contributed by atoms with E-state index >= 15 is 0 Å². The minimum absolute atomic E-state index is 0.0179. The Morgan fingerprint density at radius 2 is 1.46 bits per heavy atom. The first kappa shape index (κ1) is 46.6. The van der Waals surface area contributed by atoms with Crippen LogP contribution in [0.1, 0.15) is 87.1 Å². The molecule has 1 aromatic carbocycles. The highest BCUT2D eigenvalue weighted by atomic mass is 16.5. The first-order valence-electron chi connectivity index (χ1n) is 19.5. The number of benzene rings is 1. The molecule has 1 aliphatic heterocycles. The van der Waals surface area contributed by atoms with Crippen LogP contribution >= 0.6 is 0 Å². The number of nitrogens with one attached hydrogen (secondary N) is 2. The standard InChI is InChI=1S/C41H69N5O8/c1-24(2)34(43-39(49)36(26(5)6)44(10)27(7)8)40(50)45(11)35(25(3)4)32(53-12)23-33(47)46-21-17-20-31(46)37(54-13)28(9)38(48)42-30(41(51)52)22-29-18-15-14-16-19-29/h14-16,18-19,24-28,30-32,34-37H,17,20-23H2,1-13H3,(H,42,48)(H,43,49)(H,51,52)/t28-,30+,31+,32-,34+,35+,36+,37-/m1/s1. The molecule has 306 valence electrons. The van der Waals surface area contributed by atoms with E-state index in [0.717, 1.165) is 5.56 Å². The maximum absolute atomic E-state index is 14.2. The van der Waals surface area contributed by atoms with Crippen molar-refractivity contribution < 1.29 is 38.6 Å². The molecule has 3 N–H and O–H groups in total. The Balaban J connectivity index is 2.25. The lowest BCUT2D eigenvalue weighted by Crippen LogP contribution is -2.60. The molecule has 0 radical (unpaired) electrons. The van der Waals surface area contributed by atoms with Gasteiger partial charge in [0.05, 0.1) is 42.7 Å². The Morgan fingerprint density at radius 1 is 0.852 bits per heavy atom. The molecule has 0 saturated carbocycles. The molecule has 1 fully saturated rings. The number of aliphatic carboxylic acids is 1. The number of likely N-dealkylation sites (tertiary alicyclic amines) is 1. The molecule has 1 aliphatic rings. The Bertz CT molecular complexity index is 1370. The third kappa shape index (κ3) is 12.2. The number of nitrogens with zero attached hydrogens (tertiary/aromatic N) is 3. The molecule has 1 heterocycles. The van der Waals surface area contributed by atoms with E-state index in [1.54, 1.807) is 23.8 Å². The number of likely N-dealkylation sites (N-methyl/N-ethyl adjacent to an activating group) is 2. The number of carbonyl (C=O) groups excluding carboxylic acids is 4. The highest BCUT2D eigenvalue weighted by Gasteiger charge is 2.43. The summed E-state index contributed by atoms with van der Waals surface area (Å²) in [6, 6.07) is 5.98. The summed E-state index contributed by atoms with van der Waals surface area (Å²) in [5, 5.41) is 15.6. The van der Waals surface area contributed by atoms with Gasteiger partial charge in [0.15, 0.2) is 0 Å². The summed E-state index contributed by atoms with van der Waals surface area (Å²) in [5.41, 5.74) is 0.784. The maximum Gasteiger partial charge on any atom is 0.326 e. The van der Waals surface area contributed by atoms with Gasteiger partial charge in [-0.3, -0.25) is 24.1 Å². The van der Waals surface area contributed by atoms with Crippen molar-refractivity contribution in [2.45, 2.75) is 136 Å².